The molecule has 1 N–H and O–H groups in total. The van der Waals surface area contributed by atoms with Crippen LogP contribution in [0.4, 0.5) is 8.78 Å². The molecule has 0 saturated heterocycles. The summed E-state index contributed by atoms with van der Waals surface area (Å²) in [6, 6.07) is 10.1. The molecule has 128 valence electrons. The van der Waals surface area contributed by atoms with Gasteiger partial charge in [-0.15, -0.1) is 0 Å². The molecule has 2 rings (SSSR count). The summed E-state index contributed by atoms with van der Waals surface area (Å²) in [5, 5.41) is 2.83. The molecule has 0 heterocycles. The lowest BCUT2D eigenvalue weighted by Gasteiger charge is -2.13. The number of halogens is 2. The van der Waals surface area contributed by atoms with Crippen molar-refractivity contribution in [1.82, 2.24) is 10.2 Å². The van der Waals surface area contributed by atoms with E-state index in [0.29, 0.717) is 17.7 Å². The first-order valence-corrected chi connectivity index (χ1v) is 7.56. The first kappa shape index (κ1) is 17.9. The number of nitrogens with zero attached hydrogens (tertiary/aromatic N) is 1. The van der Waals surface area contributed by atoms with Crippen LogP contribution in [0.2, 0.25) is 0 Å². The maximum Gasteiger partial charge on any atom is 0.251 e. The van der Waals surface area contributed by atoms with Gasteiger partial charge in [0, 0.05) is 30.3 Å². The maximum atomic E-state index is 13.6. The molecule has 0 aliphatic rings. The van der Waals surface area contributed by atoms with E-state index < -0.39 is 11.6 Å². The Morgan fingerprint density at radius 2 is 1.92 bits per heavy atom. The number of ether oxygens (including phenoxy) is 1. The van der Waals surface area contributed by atoms with Gasteiger partial charge in [-0.3, -0.25) is 4.79 Å². The molecule has 0 aliphatic heterocycles. The summed E-state index contributed by atoms with van der Waals surface area (Å²) in [6.45, 7) is 1.26. The standard InChI is InChI=1S/C18H20F2N2O2/c1-22(2)10-9-21-18(23)15-6-4-3-5-13(15)12-24-17-8-7-14(19)11-16(17)20/h3-8,11H,9-10,12H2,1-2H3,(H,21,23). The predicted molar refractivity (Wildman–Crippen MR) is 88.0 cm³/mol. The first-order valence-electron chi connectivity index (χ1n) is 7.56. The van der Waals surface area contributed by atoms with E-state index in [0.717, 1.165) is 18.7 Å². The molecule has 0 spiro atoms. The Balaban J connectivity index is 2.04. The number of benzene rings is 2. The molecule has 2 aromatic rings. The Kier molecular flexibility index (Phi) is 6.26. The second-order valence-electron chi connectivity index (χ2n) is 5.58. The number of carbonyl (C=O) groups excluding carboxylic acids is 1. The Hall–Kier alpha value is -2.47. The fraction of sp³-hybridized carbons (Fsp3) is 0.278. The number of hydrogen-bond acceptors (Lipinski definition) is 3. The Labute approximate surface area is 140 Å². The van der Waals surface area contributed by atoms with Crippen molar-refractivity contribution in [2.45, 2.75) is 6.61 Å². The molecule has 2 aromatic carbocycles. The quantitative estimate of drug-likeness (QED) is 0.847. The molecule has 0 radical (unpaired) electrons. The van der Waals surface area contributed by atoms with Crippen molar-refractivity contribution in [3.8, 4) is 5.75 Å². The normalized spacial score (nSPS) is 10.7. The summed E-state index contributed by atoms with van der Waals surface area (Å²) >= 11 is 0. The van der Waals surface area contributed by atoms with Crippen LogP contribution in [0.25, 0.3) is 0 Å². The summed E-state index contributed by atoms with van der Waals surface area (Å²) in [7, 11) is 3.84. The predicted octanol–water partition coefficient (Wildman–Crippen LogP) is 2.84. The zero-order valence-corrected chi connectivity index (χ0v) is 13.7. The van der Waals surface area contributed by atoms with Gasteiger partial charge in [0.05, 0.1) is 0 Å². The smallest absolute Gasteiger partial charge is 0.251 e. The highest BCUT2D eigenvalue weighted by molar-refractivity contribution is 5.95. The number of carbonyl (C=O) groups is 1. The number of likely N-dealkylation sites (N-methyl/N-ethyl adjacent to an activating group) is 1. The zero-order valence-electron chi connectivity index (χ0n) is 13.7. The van der Waals surface area contributed by atoms with E-state index in [-0.39, 0.29) is 18.3 Å². The number of hydrogen-bond donors (Lipinski definition) is 1. The second-order valence-corrected chi connectivity index (χ2v) is 5.58. The van der Waals surface area contributed by atoms with Gasteiger partial charge in [0.25, 0.3) is 5.91 Å². The van der Waals surface area contributed by atoms with Crippen LogP contribution in [0, 0.1) is 11.6 Å². The SMILES string of the molecule is CN(C)CCNC(=O)c1ccccc1COc1ccc(F)cc1F. The monoisotopic (exact) mass is 334 g/mol. The van der Waals surface area contributed by atoms with Crippen molar-refractivity contribution < 1.29 is 18.3 Å². The highest BCUT2D eigenvalue weighted by Gasteiger charge is 2.12. The van der Waals surface area contributed by atoms with Gasteiger partial charge in [0.2, 0.25) is 0 Å². The number of nitrogens with one attached hydrogen (secondary N) is 1. The minimum Gasteiger partial charge on any atom is -0.486 e. The van der Waals surface area contributed by atoms with E-state index in [9.17, 15) is 13.6 Å². The summed E-state index contributed by atoms with van der Waals surface area (Å²) in [6.07, 6.45) is 0. The van der Waals surface area contributed by atoms with Gasteiger partial charge >= 0.3 is 0 Å². The minimum atomic E-state index is -0.775. The van der Waals surface area contributed by atoms with Gasteiger partial charge in [-0.25, -0.2) is 8.78 Å². The third kappa shape index (κ3) is 5.03. The molecule has 6 heteroatoms. The summed E-state index contributed by atoms with van der Waals surface area (Å²) in [5.74, 6) is -1.71. The summed E-state index contributed by atoms with van der Waals surface area (Å²) in [4.78, 5) is 14.2. The van der Waals surface area contributed by atoms with E-state index in [1.54, 1.807) is 24.3 Å². The van der Waals surface area contributed by atoms with Gasteiger partial charge < -0.3 is 15.0 Å². The first-order chi connectivity index (χ1) is 11.5. The Morgan fingerprint density at radius 3 is 2.62 bits per heavy atom. The largest absolute Gasteiger partial charge is 0.486 e. The van der Waals surface area contributed by atoms with Crippen LogP contribution in [0.1, 0.15) is 15.9 Å². The highest BCUT2D eigenvalue weighted by Crippen LogP contribution is 2.20. The Morgan fingerprint density at radius 1 is 1.17 bits per heavy atom. The molecular formula is C18H20F2N2O2. The van der Waals surface area contributed by atoms with Crippen molar-refractivity contribution in [1.29, 1.82) is 0 Å². The van der Waals surface area contributed by atoms with E-state index >= 15 is 0 Å². The molecular weight excluding hydrogens is 314 g/mol. The van der Waals surface area contributed by atoms with E-state index in [4.69, 9.17) is 4.74 Å². The molecule has 4 nitrogen and oxygen atoms in total. The van der Waals surface area contributed by atoms with Crippen molar-refractivity contribution in [3.63, 3.8) is 0 Å². The van der Waals surface area contributed by atoms with Gasteiger partial charge in [-0.1, -0.05) is 18.2 Å². The van der Waals surface area contributed by atoms with Crippen LogP contribution in [0.5, 0.6) is 5.75 Å². The molecule has 1 amide bonds. The van der Waals surface area contributed by atoms with Crippen LogP contribution in [-0.2, 0) is 6.61 Å². The molecule has 0 aliphatic carbocycles. The van der Waals surface area contributed by atoms with Crippen LogP contribution < -0.4 is 10.1 Å². The van der Waals surface area contributed by atoms with Crippen molar-refractivity contribution in [2.75, 3.05) is 27.2 Å². The molecule has 24 heavy (non-hydrogen) atoms. The summed E-state index contributed by atoms with van der Waals surface area (Å²) in [5.41, 5.74) is 1.10. The Bertz CT molecular complexity index is 705. The molecule has 0 atom stereocenters. The van der Waals surface area contributed by atoms with Gasteiger partial charge in [-0.2, -0.15) is 0 Å². The molecule has 0 unspecified atom stereocenters. The molecule has 0 fully saturated rings. The second kappa shape index (κ2) is 8.40. The molecule has 0 bridgehead atoms. The third-order valence-corrected chi connectivity index (χ3v) is 3.38. The number of rotatable bonds is 7. The lowest BCUT2D eigenvalue weighted by Crippen LogP contribution is -2.31. The van der Waals surface area contributed by atoms with Gasteiger partial charge in [0.15, 0.2) is 11.6 Å². The van der Waals surface area contributed by atoms with Crippen LogP contribution in [-0.4, -0.2) is 38.0 Å². The molecule has 0 aromatic heterocycles. The van der Waals surface area contributed by atoms with Crippen LogP contribution >= 0.6 is 0 Å². The van der Waals surface area contributed by atoms with Gasteiger partial charge in [-0.05, 0) is 32.3 Å². The van der Waals surface area contributed by atoms with E-state index in [2.05, 4.69) is 5.32 Å². The number of amides is 1. The van der Waals surface area contributed by atoms with Gasteiger partial charge in [0.1, 0.15) is 12.4 Å². The van der Waals surface area contributed by atoms with E-state index in [1.807, 2.05) is 19.0 Å². The lowest BCUT2D eigenvalue weighted by atomic mass is 10.1. The maximum absolute atomic E-state index is 13.6. The summed E-state index contributed by atoms with van der Waals surface area (Å²) < 4.78 is 31.9. The zero-order chi connectivity index (χ0) is 17.5. The highest BCUT2D eigenvalue weighted by atomic mass is 19.1. The minimum absolute atomic E-state index is 0.0137. The average molecular weight is 334 g/mol. The van der Waals surface area contributed by atoms with Crippen LogP contribution in [0.3, 0.4) is 0 Å². The molecule has 0 saturated carbocycles. The van der Waals surface area contributed by atoms with Crippen LogP contribution in [0.15, 0.2) is 42.5 Å². The fourth-order valence-electron chi connectivity index (χ4n) is 2.10. The lowest BCUT2D eigenvalue weighted by molar-refractivity contribution is 0.0948. The topological polar surface area (TPSA) is 41.6 Å². The third-order valence-electron chi connectivity index (χ3n) is 3.38. The van der Waals surface area contributed by atoms with Crippen molar-refractivity contribution >= 4 is 5.91 Å². The fourth-order valence-corrected chi connectivity index (χ4v) is 2.10. The van der Waals surface area contributed by atoms with Crippen molar-refractivity contribution in [3.05, 3.63) is 65.2 Å². The average Bonchev–Trinajstić information content (AvgIpc) is 2.54. The van der Waals surface area contributed by atoms with Crippen molar-refractivity contribution in [2.24, 2.45) is 0 Å². The van der Waals surface area contributed by atoms with E-state index in [1.165, 1.54) is 6.07 Å².